The second kappa shape index (κ2) is 9.14. The Morgan fingerprint density at radius 1 is 1.24 bits per heavy atom. The van der Waals surface area contributed by atoms with Crippen LogP contribution in [0, 0.1) is 11.6 Å². The van der Waals surface area contributed by atoms with Crippen molar-refractivity contribution in [2.45, 2.75) is 26.3 Å². The minimum absolute atomic E-state index is 0.0218. The van der Waals surface area contributed by atoms with E-state index in [0.717, 1.165) is 16.5 Å². The molecule has 0 aliphatic rings. The number of aryl methyl sites for hydroxylation is 1. The summed E-state index contributed by atoms with van der Waals surface area (Å²) in [6.07, 6.45) is 1.97. The molecule has 0 aliphatic carbocycles. The number of H-pyrrole nitrogens is 1. The number of carbonyl (C=O) groups excluding carboxylic acids is 1. The number of aromatic nitrogens is 5. The molecule has 0 atom stereocenters. The molecule has 0 radical (unpaired) electrons. The van der Waals surface area contributed by atoms with Gasteiger partial charge < -0.3 is 10.1 Å². The van der Waals surface area contributed by atoms with Gasteiger partial charge in [0.15, 0.2) is 24.0 Å². The number of nitrogens with one attached hydrogen (secondary N) is 2. The molecule has 1 amide bonds. The van der Waals surface area contributed by atoms with Crippen LogP contribution in [0.25, 0.3) is 22.3 Å². The van der Waals surface area contributed by atoms with Gasteiger partial charge >= 0.3 is 0 Å². The quantitative estimate of drug-likeness (QED) is 0.425. The number of benzene rings is 2. The molecule has 0 saturated carbocycles. The molecule has 11 heteroatoms. The molecule has 0 spiro atoms. The highest BCUT2D eigenvalue weighted by Gasteiger charge is 2.21. The van der Waals surface area contributed by atoms with Crippen molar-refractivity contribution in [2.24, 2.45) is 7.05 Å². The third-order valence-electron chi connectivity index (χ3n) is 4.94. The highest BCUT2D eigenvalue weighted by Crippen LogP contribution is 2.30. The number of fused-ring (bicyclic) bond motifs is 1. The number of aromatic amines is 1. The van der Waals surface area contributed by atoms with Gasteiger partial charge in [0, 0.05) is 24.9 Å². The first-order valence-corrected chi connectivity index (χ1v) is 10.5. The summed E-state index contributed by atoms with van der Waals surface area (Å²) >= 11 is 6.48. The van der Waals surface area contributed by atoms with Crippen molar-refractivity contribution in [1.82, 2.24) is 30.3 Å². The van der Waals surface area contributed by atoms with Gasteiger partial charge in [-0.05, 0) is 37.6 Å². The fourth-order valence-corrected chi connectivity index (χ4v) is 3.62. The Morgan fingerprint density at radius 3 is 2.79 bits per heavy atom. The van der Waals surface area contributed by atoms with E-state index in [0.29, 0.717) is 17.3 Å². The lowest BCUT2D eigenvalue weighted by molar-refractivity contribution is -0.123. The van der Waals surface area contributed by atoms with Gasteiger partial charge in [0.25, 0.3) is 5.91 Å². The van der Waals surface area contributed by atoms with E-state index in [9.17, 15) is 13.6 Å². The van der Waals surface area contributed by atoms with E-state index >= 15 is 0 Å². The highest BCUT2D eigenvalue weighted by molar-refractivity contribution is 6.36. The average molecular weight is 475 g/mol. The van der Waals surface area contributed by atoms with Gasteiger partial charge in [-0.25, -0.2) is 9.37 Å². The molecule has 8 nitrogen and oxygen atoms in total. The van der Waals surface area contributed by atoms with Crippen LogP contribution in [0.5, 0.6) is 5.75 Å². The van der Waals surface area contributed by atoms with E-state index in [4.69, 9.17) is 16.3 Å². The molecule has 2 aromatic carbocycles. The number of hydrogen-bond donors (Lipinski definition) is 2. The SMILES string of the molecule is CC(C)NC(=O)COc1ccc(-c2nc(Cc3ccc4[nH]ncc4c3Cl)n(C)n2)c(F)c1F. The molecular weight excluding hydrogens is 454 g/mol. The fourth-order valence-electron chi connectivity index (χ4n) is 3.34. The van der Waals surface area contributed by atoms with Crippen LogP contribution < -0.4 is 10.1 Å². The maximum absolute atomic E-state index is 14.8. The number of hydrogen-bond acceptors (Lipinski definition) is 5. The Hall–Kier alpha value is -3.53. The van der Waals surface area contributed by atoms with E-state index in [-0.39, 0.29) is 23.2 Å². The molecule has 0 saturated heterocycles. The standard InChI is InChI=1S/C22H21ClF2N6O2/c1-11(2)27-18(32)10-33-16-7-5-13(20(24)21(16)25)22-28-17(31(3)30-22)8-12-4-6-15-14(19(12)23)9-26-29-15/h4-7,9,11H,8,10H2,1-3H3,(H,26,29)(H,27,32). The Kier molecular flexibility index (Phi) is 6.28. The van der Waals surface area contributed by atoms with E-state index in [1.54, 1.807) is 27.1 Å². The predicted molar refractivity (Wildman–Crippen MR) is 119 cm³/mol. The Labute approximate surface area is 192 Å². The minimum atomic E-state index is -1.22. The number of ether oxygens (including phenoxy) is 1. The average Bonchev–Trinajstić information content (AvgIpc) is 3.38. The Bertz CT molecular complexity index is 1330. The number of amides is 1. The van der Waals surface area contributed by atoms with E-state index in [2.05, 4.69) is 25.6 Å². The number of nitrogens with zero attached hydrogens (tertiary/aromatic N) is 4. The maximum atomic E-state index is 14.8. The molecule has 0 aliphatic heterocycles. The zero-order valence-electron chi connectivity index (χ0n) is 18.1. The lowest BCUT2D eigenvalue weighted by Gasteiger charge is -2.11. The van der Waals surface area contributed by atoms with E-state index in [1.165, 1.54) is 16.8 Å². The van der Waals surface area contributed by atoms with E-state index < -0.39 is 24.1 Å². The summed E-state index contributed by atoms with van der Waals surface area (Å²) in [6.45, 7) is 3.14. The summed E-state index contributed by atoms with van der Waals surface area (Å²) in [5, 5.41) is 15.0. The maximum Gasteiger partial charge on any atom is 0.258 e. The molecule has 2 heterocycles. The topological polar surface area (TPSA) is 97.7 Å². The van der Waals surface area contributed by atoms with Gasteiger partial charge in [-0.15, -0.1) is 0 Å². The normalized spacial score (nSPS) is 11.4. The molecule has 2 N–H and O–H groups in total. The third kappa shape index (κ3) is 4.65. The fraction of sp³-hybridized carbons (Fsp3) is 0.273. The first-order chi connectivity index (χ1) is 15.7. The van der Waals surface area contributed by atoms with Crippen LogP contribution in [-0.2, 0) is 18.3 Å². The molecule has 0 bridgehead atoms. The van der Waals surface area contributed by atoms with Gasteiger partial charge in [0.1, 0.15) is 5.82 Å². The first-order valence-electron chi connectivity index (χ1n) is 10.2. The summed E-state index contributed by atoms with van der Waals surface area (Å²) in [6, 6.07) is 6.18. The summed E-state index contributed by atoms with van der Waals surface area (Å²) < 4.78 is 36.0. The molecule has 172 valence electrons. The Morgan fingerprint density at radius 2 is 2.03 bits per heavy atom. The zero-order chi connectivity index (χ0) is 23.7. The summed E-state index contributed by atoms with van der Waals surface area (Å²) in [4.78, 5) is 16.1. The third-order valence-corrected chi connectivity index (χ3v) is 5.38. The van der Waals surface area contributed by atoms with Gasteiger partial charge in [-0.3, -0.25) is 14.6 Å². The van der Waals surface area contributed by atoms with Crippen LogP contribution in [0.2, 0.25) is 5.02 Å². The summed E-state index contributed by atoms with van der Waals surface area (Å²) in [7, 11) is 1.66. The lowest BCUT2D eigenvalue weighted by atomic mass is 10.1. The Balaban J connectivity index is 1.56. The van der Waals surface area contributed by atoms with Crippen molar-refractivity contribution in [3.8, 4) is 17.1 Å². The predicted octanol–water partition coefficient (Wildman–Crippen LogP) is 3.78. The van der Waals surface area contributed by atoms with Crippen molar-refractivity contribution in [3.05, 3.63) is 58.5 Å². The second-order valence-electron chi connectivity index (χ2n) is 7.77. The zero-order valence-corrected chi connectivity index (χ0v) is 18.9. The molecule has 4 aromatic rings. The smallest absolute Gasteiger partial charge is 0.258 e. The summed E-state index contributed by atoms with van der Waals surface area (Å²) in [5.41, 5.74) is 1.48. The molecule has 2 aromatic heterocycles. The minimum Gasteiger partial charge on any atom is -0.481 e. The monoisotopic (exact) mass is 474 g/mol. The second-order valence-corrected chi connectivity index (χ2v) is 8.15. The molecule has 0 fully saturated rings. The number of carbonyl (C=O) groups is 1. The van der Waals surface area contributed by atoms with Crippen molar-refractivity contribution in [1.29, 1.82) is 0 Å². The van der Waals surface area contributed by atoms with Crippen molar-refractivity contribution < 1.29 is 18.3 Å². The van der Waals surface area contributed by atoms with Gasteiger partial charge in [0.2, 0.25) is 5.82 Å². The molecule has 4 rings (SSSR count). The molecular formula is C22H21ClF2N6O2. The summed E-state index contributed by atoms with van der Waals surface area (Å²) in [5.74, 6) is -2.64. The van der Waals surface area contributed by atoms with Gasteiger partial charge in [-0.1, -0.05) is 17.7 Å². The highest BCUT2D eigenvalue weighted by atomic mass is 35.5. The lowest BCUT2D eigenvalue weighted by Crippen LogP contribution is -2.34. The van der Waals surface area contributed by atoms with Crippen LogP contribution in [0.15, 0.2) is 30.5 Å². The number of rotatable bonds is 7. The van der Waals surface area contributed by atoms with Crippen molar-refractivity contribution in [2.75, 3.05) is 6.61 Å². The van der Waals surface area contributed by atoms with Crippen LogP contribution in [0.4, 0.5) is 8.78 Å². The molecule has 0 unspecified atom stereocenters. The van der Waals surface area contributed by atoms with Crippen molar-refractivity contribution in [3.63, 3.8) is 0 Å². The number of halogens is 3. The van der Waals surface area contributed by atoms with Crippen LogP contribution in [-0.4, -0.2) is 43.5 Å². The van der Waals surface area contributed by atoms with E-state index in [1.807, 2.05) is 12.1 Å². The van der Waals surface area contributed by atoms with Crippen LogP contribution in [0.1, 0.15) is 25.2 Å². The van der Waals surface area contributed by atoms with Crippen molar-refractivity contribution >= 4 is 28.4 Å². The van der Waals surface area contributed by atoms with Gasteiger partial charge in [0.05, 0.1) is 22.3 Å². The van der Waals surface area contributed by atoms with Crippen LogP contribution >= 0.6 is 11.6 Å². The van der Waals surface area contributed by atoms with Gasteiger partial charge in [-0.2, -0.15) is 14.6 Å². The van der Waals surface area contributed by atoms with Crippen LogP contribution in [0.3, 0.4) is 0 Å². The largest absolute Gasteiger partial charge is 0.481 e. The first kappa shape index (κ1) is 22.7. The molecule has 33 heavy (non-hydrogen) atoms.